The molecule has 0 unspecified atom stereocenters. The number of nitrogens with zero attached hydrogens (tertiary/aromatic N) is 2. The first kappa shape index (κ1) is 13.6. The van der Waals surface area contributed by atoms with Gasteiger partial charge in [-0.1, -0.05) is 72.8 Å². The van der Waals surface area contributed by atoms with Gasteiger partial charge in [-0.15, -0.1) is 0 Å². The second-order valence-corrected chi connectivity index (χ2v) is 6.49. The monoisotopic (exact) mass is 310 g/mol. The van der Waals surface area contributed by atoms with Gasteiger partial charge >= 0.3 is 0 Å². The van der Waals surface area contributed by atoms with E-state index in [2.05, 4.69) is 89.9 Å². The summed E-state index contributed by atoms with van der Waals surface area (Å²) < 4.78 is 0. The molecule has 24 heavy (non-hydrogen) atoms. The van der Waals surface area contributed by atoms with Crippen LogP contribution in [-0.4, -0.2) is 5.71 Å². The van der Waals surface area contributed by atoms with Crippen molar-refractivity contribution in [3.05, 3.63) is 102 Å². The Labute approximate surface area is 142 Å². The molecule has 1 heterocycles. The van der Waals surface area contributed by atoms with Gasteiger partial charge in [0.15, 0.2) is 0 Å². The highest BCUT2D eigenvalue weighted by Crippen LogP contribution is 2.47. The van der Waals surface area contributed by atoms with Crippen molar-refractivity contribution in [3.63, 3.8) is 0 Å². The molecule has 116 valence electrons. The van der Waals surface area contributed by atoms with Crippen molar-refractivity contribution >= 4 is 11.4 Å². The minimum Gasteiger partial charge on any atom is -0.257 e. The van der Waals surface area contributed by atoms with Crippen LogP contribution >= 0.6 is 0 Å². The summed E-state index contributed by atoms with van der Waals surface area (Å²) >= 11 is 0. The summed E-state index contributed by atoms with van der Waals surface area (Å²) in [6.45, 7) is 0. The number of hydrazone groups is 1. The van der Waals surface area contributed by atoms with E-state index in [0.717, 1.165) is 12.1 Å². The van der Waals surface area contributed by atoms with E-state index in [1.54, 1.807) is 0 Å². The lowest BCUT2D eigenvalue weighted by Crippen LogP contribution is -2.22. The molecule has 2 aliphatic rings. The Morgan fingerprint density at radius 2 is 1.42 bits per heavy atom. The third-order valence-corrected chi connectivity index (χ3v) is 5.12. The molecule has 5 rings (SSSR count). The number of rotatable bonds is 2. The van der Waals surface area contributed by atoms with Crippen molar-refractivity contribution in [2.45, 2.75) is 12.5 Å². The second kappa shape index (κ2) is 5.34. The Bertz CT molecular complexity index is 900. The molecule has 0 fully saturated rings. The molecule has 0 N–H and O–H groups in total. The zero-order valence-electron chi connectivity index (χ0n) is 13.3. The van der Waals surface area contributed by atoms with Crippen molar-refractivity contribution in [2.24, 2.45) is 11.0 Å². The van der Waals surface area contributed by atoms with Crippen molar-refractivity contribution in [1.82, 2.24) is 0 Å². The topological polar surface area (TPSA) is 15.6 Å². The van der Waals surface area contributed by atoms with Gasteiger partial charge in [0.25, 0.3) is 0 Å². The summed E-state index contributed by atoms with van der Waals surface area (Å²) in [5.74, 6) is 0.421. The lowest BCUT2D eigenvalue weighted by atomic mass is 9.92. The molecule has 2 heteroatoms. The molecule has 3 aromatic carbocycles. The van der Waals surface area contributed by atoms with E-state index in [1.807, 2.05) is 0 Å². The van der Waals surface area contributed by atoms with Gasteiger partial charge < -0.3 is 0 Å². The third kappa shape index (κ3) is 2.00. The van der Waals surface area contributed by atoms with Crippen LogP contribution in [0.3, 0.4) is 0 Å². The molecule has 2 atom stereocenters. The standard InChI is InChI=1S/C22H18N2/c1-3-9-16(10-4-1)21-20-15-17-11-7-8-14-19(17)22(20)24(23-21)18-12-5-2-6-13-18/h1-14,20,22H,15H2/t20-,22+/m0/s1. The molecule has 3 aromatic rings. The maximum absolute atomic E-state index is 5.06. The van der Waals surface area contributed by atoms with Crippen LogP contribution in [0.25, 0.3) is 0 Å². The third-order valence-electron chi connectivity index (χ3n) is 5.12. The molecule has 1 aliphatic heterocycles. The molecule has 0 radical (unpaired) electrons. The minimum atomic E-state index is 0.304. The Morgan fingerprint density at radius 3 is 2.21 bits per heavy atom. The van der Waals surface area contributed by atoms with Crippen molar-refractivity contribution < 1.29 is 0 Å². The number of anilines is 1. The first-order valence-corrected chi connectivity index (χ1v) is 8.48. The van der Waals surface area contributed by atoms with Crippen molar-refractivity contribution in [2.75, 3.05) is 5.01 Å². The lowest BCUT2D eigenvalue weighted by molar-refractivity contribution is 0.597. The number of fused-ring (bicyclic) bond motifs is 3. The fourth-order valence-electron chi connectivity index (χ4n) is 4.05. The average molecular weight is 310 g/mol. The van der Waals surface area contributed by atoms with E-state index in [1.165, 1.54) is 22.4 Å². The van der Waals surface area contributed by atoms with Gasteiger partial charge in [-0.2, -0.15) is 5.10 Å². The molecular formula is C22H18N2. The Kier molecular flexibility index (Phi) is 3.02. The molecule has 2 nitrogen and oxygen atoms in total. The van der Waals surface area contributed by atoms with Crippen LogP contribution in [0.2, 0.25) is 0 Å². The summed E-state index contributed by atoms with van der Waals surface area (Å²) in [4.78, 5) is 0. The van der Waals surface area contributed by atoms with Crippen LogP contribution in [0.15, 0.2) is 90.0 Å². The summed E-state index contributed by atoms with van der Waals surface area (Å²) in [5.41, 5.74) is 6.48. The van der Waals surface area contributed by atoms with Gasteiger partial charge in [-0.05, 0) is 35.2 Å². The Morgan fingerprint density at radius 1 is 0.750 bits per heavy atom. The molecular weight excluding hydrogens is 292 g/mol. The first-order valence-electron chi connectivity index (χ1n) is 8.48. The zero-order chi connectivity index (χ0) is 15.9. The highest BCUT2D eigenvalue weighted by Gasteiger charge is 2.44. The molecule has 0 bridgehead atoms. The molecule has 0 saturated heterocycles. The van der Waals surface area contributed by atoms with E-state index >= 15 is 0 Å². The van der Waals surface area contributed by atoms with E-state index in [9.17, 15) is 0 Å². The molecule has 0 saturated carbocycles. The van der Waals surface area contributed by atoms with Crippen molar-refractivity contribution in [3.8, 4) is 0 Å². The number of benzene rings is 3. The van der Waals surface area contributed by atoms with Gasteiger partial charge in [-0.3, -0.25) is 5.01 Å². The maximum atomic E-state index is 5.06. The first-order chi connectivity index (χ1) is 11.9. The normalized spacial score (nSPS) is 21.3. The number of hydrogen-bond donors (Lipinski definition) is 0. The van der Waals surface area contributed by atoms with Gasteiger partial charge in [0.2, 0.25) is 0 Å². The van der Waals surface area contributed by atoms with Crippen LogP contribution in [0.5, 0.6) is 0 Å². The van der Waals surface area contributed by atoms with Crippen molar-refractivity contribution in [1.29, 1.82) is 0 Å². The minimum absolute atomic E-state index is 0.304. The van der Waals surface area contributed by atoms with Crippen LogP contribution in [0, 0.1) is 5.92 Å². The Balaban J connectivity index is 1.66. The lowest BCUT2D eigenvalue weighted by Gasteiger charge is -2.24. The highest BCUT2D eigenvalue weighted by atomic mass is 15.5. The fraction of sp³-hybridized carbons (Fsp3) is 0.136. The van der Waals surface area contributed by atoms with E-state index < -0.39 is 0 Å². The van der Waals surface area contributed by atoms with Crippen LogP contribution < -0.4 is 5.01 Å². The van der Waals surface area contributed by atoms with Gasteiger partial charge in [0.1, 0.15) is 0 Å². The molecule has 1 aliphatic carbocycles. The van der Waals surface area contributed by atoms with E-state index in [0.29, 0.717) is 12.0 Å². The summed E-state index contributed by atoms with van der Waals surface area (Å²) in [6.07, 6.45) is 1.07. The summed E-state index contributed by atoms with van der Waals surface area (Å²) in [5, 5.41) is 7.28. The quantitative estimate of drug-likeness (QED) is 0.662. The Hall–Kier alpha value is -2.87. The SMILES string of the molecule is c1ccc(C2=NN(c3ccccc3)[C@@H]3c4ccccc4C[C@@H]23)cc1. The largest absolute Gasteiger partial charge is 0.257 e. The average Bonchev–Trinajstić information content (AvgIpc) is 3.20. The van der Waals surface area contributed by atoms with Gasteiger partial charge in [0, 0.05) is 5.92 Å². The van der Waals surface area contributed by atoms with Gasteiger partial charge in [0.05, 0.1) is 17.4 Å². The summed E-state index contributed by atoms with van der Waals surface area (Å²) in [7, 11) is 0. The summed E-state index contributed by atoms with van der Waals surface area (Å²) in [6, 6.07) is 30.2. The number of para-hydroxylation sites is 1. The number of hydrogen-bond acceptors (Lipinski definition) is 2. The zero-order valence-corrected chi connectivity index (χ0v) is 13.3. The molecule has 0 spiro atoms. The smallest absolute Gasteiger partial charge is 0.0865 e. The fourth-order valence-corrected chi connectivity index (χ4v) is 4.05. The molecule has 0 amide bonds. The van der Waals surface area contributed by atoms with E-state index in [-0.39, 0.29) is 0 Å². The predicted octanol–water partition coefficient (Wildman–Crippen LogP) is 4.82. The van der Waals surface area contributed by atoms with Crippen LogP contribution in [0.1, 0.15) is 22.7 Å². The highest BCUT2D eigenvalue weighted by molar-refractivity contribution is 6.05. The predicted molar refractivity (Wildman–Crippen MR) is 98.3 cm³/mol. The van der Waals surface area contributed by atoms with Gasteiger partial charge in [-0.25, -0.2) is 0 Å². The van der Waals surface area contributed by atoms with Crippen LogP contribution in [0.4, 0.5) is 5.69 Å². The molecule has 0 aromatic heterocycles. The van der Waals surface area contributed by atoms with Crippen LogP contribution in [-0.2, 0) is 6.42 Å². The maximum Gasteiger partial charge on any atom is 0.0865 e. The second-order valence-electron chi connectivity index (χ2n) is 6.49. The van der Waals surface area contributed by atoms with E-state index in [4.69, 9.17) is 5.10 Å².